The van der Waals surface area contributed by atoms with Gasteiger partial charge in [-0.25, -0.2) is 9.37 Å². The molecular weight excluding hydrogens is 369 g/mol. The van der Waals surface area contributed by atoms with Gasteiger partial charge < -0.3 is 0 Å². The summed E-state index contributed by atoms with van der Waals surface area (Å²) in [6.07, 6.45) is 1.33. The first kappa shape index (κ1) is 15.3. The molecular formula is C15H9BrFN3O3. The Balaban J connectivity index is 2.03. The van der Waals surface area contributed by atoms with Crippen molar-refractivity contribution in [1.82, 2.24) is 9.55 Å². The number of non-ortho nitro benzene ring substituents is 1. The zero-order valence-corrected chi connectivity index (χ0v) is 13.2. The molecule has 0 unspecified atom stereocenters. The summed E-state index contributed by atoms with van der Waals surface area (Å²) in [5, 5.41) is 11.0. The molecule has 0 saturated heterocycles. The van der Waals surface area contributed by atoms with E-state index in [0.29, 0.717) is 9.86 Å². The zero-order valence-electron chi connectivity index (χ0n) is 11.6. The molecule has 0 N–H and O–H groups in total. The van der Waals surface area contributed by atoms with Gasteiger partial charge >= 0.3 is 0 Å². The van der Waals surface area contributed by atoms with E-state index in [1.807, 2.05) is 0 Å². The summed E-state index contributed by atoms with van der Waals surface area (Å²) in [6.45, 7) is 0.220. The van der Waals surface area contributed by atoms with Crippen LogP contribution in [0.5, 0.6) is 0 Å². The van der Waals surface area contributed by atoms with Crippen LogP contribution in [0.15, 0.2) is 52.0 Å². The van der Waals surface area contributed by atoms with Gasteiger partial charge in [0.15, 0.2) is 0 Å². The largest absolute Gasteiger partial charge is 0.294 e. The number of nitro benzene ring substituents is 1. The third kappa shape index (κ3) is 2.98. The Kier molecular flexibility index (Phi) is 3.91. The van der Waals surface area contributed by atoms with Crippen molar-refractivity contribution < 1.29 is 9.31 Å². The van der Waals surface area contributed by atoms with E-state index < -0.39 is 4.92 Å². The van der Waals surface area contributed by atoms with Crippen molar-refractivity contribution in [2.24, 2.45) is 0 Å². The summed E-state index contributed by atoms with van der Waals surface area (Å²) in [4.78, 5) is 26.7. The van der Waals surface area contributed by atoms with E-state index in [1.54, 1.807) is 12.1 Å². The maximum atomic E-state index is 13.2. The summed E-state index contributed by atoms with van der Waals surface area (Å²) in [7, 11) is 0. The highest BCUT2D eigenvalue weighted by Crippen LogP contribution is 2.18. The van der Waals surface area contributed by atoms with Crippen LogP contribution >= 0.6 is 15.9 Å². The van der Waals surface area contributed by atoms with Gasteiger partial charge in [0, 0.05) is 12.1 Å². The van der Waals surface area contributed by atoms with E-state index in [-0.39, 0.29) is 29.1 Å². The predicted molar refractivity (Wildman–Crippen MR) is 85.9 cm³/mol. The second kappa shape index (κ2) is 5.88. The fourth-order valence-electron chi connectivity index (χ4n) is 2.21. The quantitative estimate of drug-likeness (QED) is 0.518. The number of nitrogens with zero attached hydrogens (tertiary/aromatic N) is 3. The minimum absolute atomic E-state index is 0.121. The van der Waals surface area contributed by atoms with E-state index in [1.165, 1.54) is 35.2 Å². The average Bonchev–Trinajstić information content (AvgIpc) is 2.53. The van der Waals surface area contributed by atoms with E-state index in [0.717, 1.165) is 5.56 Å². The number of nitro groups is 1. The van der Waals surface area contributed by atoms with Crippen LogP contribution in [0.1, 0.15) is 5.56 Å². The topological polar surface area (TPSA) is 78.0 Å². The molecule has 0 aliphatic carbocycles. The van der Waals surface area contributed by atoms with Crippen LogP contribution < -0.4 is 5.56 Å². The molecule has 3 rings (SSSR count). The molecule has 0 amide bonds. The molecule has 1 aromatic heterocycles. The molecule has 0 radical (unpaired) electrons. The highest BCUT2D eigenvalue weighted by molar-refractivity contribution is 9.10. The first-order valence-corrected chi connectivity index (χ1v) is 7.32. The third-order valence-electron chi connectivity index (χ3n) is 3.36. The molecule has 0 atom stereocenters. The number of hydrogen-bond acceptors (Lipinski definition) is 4. The highest BCUT2D eigenvalue weighted by atomic mass is 79.9. The van der Waals surface area contributed by atoms with Crippen LogP contribution in [-0.2, 0) is 6.54 Å². The lowest BCUT2D eigenvalue weighted by Gasteiger charge is -2.07. The summed E-state index contributed by atoms with van der Waals surface area (Å²) < 4.78 is 14.9. The fraction of sp³-hybridized carbons (Fsp3) is 0.0667. The Morgan fingerprint density at radius 3 is 2.74 bits per heavy atom. The van der Waals surface area contributed by atoms with E-state index in [4.69, 9.17) is 0 Å². The van der Waals surface area contributed by atoms with Gasteiger partial charge in [0.05, 0.1) is 33.2 Å². The Bertz CT molecular complexity index is 987. The lowest BCUT2D eigenvalue weighted by molar-refractivity contribution is -0.384. The maximum Gasteiger partial charge on any atom is 0.271 e. The second-order valence-electron chi connectivity index (χ2n) is 4.88. The minimum Gasteiger partial charge on any atom is -0.294 e. The van der Waals surface area contributed by atoms with Crippen molar-refractivity contribution in [3.63, 3.8) is 0 Å². The van der Waals surface area contributed by atoms with Crippen LogP contribution in [0.3, 0.4) is 0 Å². The molecule has 0 spiro atoms. The van der Waals surface area contributed by atoms with Crippen LogP contribution in [0.2, 0.25) is 0 Å². The molecule has 2 aromatic carbocycles. The van der Waals surface area contributed by atoms with Crippen LogP contribution in [0, 0.1) is 15.9 Å². The van der Waals surface area contributed by atoms with Crippen molar-refractivity contribution in [3.05, 3.63) is 79.0 Å². The van der Waals surface area contributed by atoms with Gasteiger partial charge in [-0.15, -0.1) is 0 Å². The Hall–Kier alpha value is -2.61. The Labute approximate surface area is 137 Å². The molecule has 0 aliphatic rings. The SMILES string of the molecule is O=c1c2ccc([N+](=O)[O-])cc2ncn1Cc1ccc(F)c(Br)c1. The van der Waals surface area contributed by atoms with Gasteiger partial charge in [0.1, 0.15) is 5.82 Å². The van der Waals surface area contributed by atoms with Gasteiger partial charge in [0.2, 0.25) is 0 Å². The summed E-state index contributed by atoms with van der Waals surface area (Å²) in [5.41, 5.74) is 0.555. The molecule has 0 aliphatic heterocycles. The molecule has 0 fully saturated rings. The monoisotopic (exact) mass is 377 g/mol. The van der Waals surface area contributed by atoms with Gasteiger partial charge in [-0.1, -0.05) is 6.07 Å². The average molecular weight is 378 g/mol. The molecule has 0 saturated carbocycles. The summed E-state index contributed by atoms with van der Waals surface area (Å²) >= 11 is 3.10. The standard InChI is InChI=1S/C15H9BrFN3O3/c16-12-5-9(1-4-13(12)17)7-19-8-18-14-6-10(20(22)23)2-3-11(14)15(19)21/h1-6,8H,7H2. The Morgan fingerprint density at radius 1 is 1.26 bits per heavy atom. The highest BCUT2D eigenvalue weighted by Gasteiger charge is 2.11. The van der Waals surface area contributed by atoms with Gasteiger partial charge in [-0.3, -0.25) is 19.5 Å². The number of fused-ring (bicyclic) bond motifs is 1. The van der Waals surface area contributed by atoms with Crippen molar-refractivity contribution in [2.45, 2.75) is 6.54 Å². The van der Waals surface area contributed by atoms with E-state index in [2.05, 4.69) is 20.9 Å². The number of hydrogen-bond donors (Lipinski definition) is 0. The predicted octanol–water partition coefficient (Wildman–Crippen LogP) is 3.25. The first-order chi connectivity index (χ1) is 11.0. The Morgan fingerprint density at radius 2 is 2.04 bits per heavy atom. The molecule has 1 heterocycles. The molecule has 3 aromatic rings. The summed E-state index contributed by atoms with van der Waals surface area (Å²) in [6, 6.07) is 8.39. The van der Waals surface area contributed by atoms with Crippen LogP contribution in [0.4, 0.5) is 10.1 Å². The van der Waals surface area contributed by atoms with Gasteiger partial charge in [-0.2, -0.15) is 0 Å². The third-order valence-corrected chi connectivity index (χ3v) is 3.96. The maximum absolute atomic E-state index is 13.2. The van der Waals surface area contributed by atoms with Gasteiger partial charge in [0.25, 0.3) is 11.2 Å². The second-order valence-corrected chi connectivity index (χ2v) is 5.74. The number of rotatable bonds is 3. The lowest BCUT2D eigenvalue weighted by Crippen LogP contribution is -2.21. The van der Waals surface area contributed by atoms with Crippen molar-refractivity contribution in [1.29, 1.82) is 0 Å². The van der Waals surface area contributed by atoms with E-state index >= 15 is 0 Å². The first-order valence-electron chi connectivity index (χ1n) is 6.53. The fourth-order valence-corrected chi connectivity index (χ4v) is 2.63. The molecule has 8 heteroatoms. The van der Waals surface area contributed by atoms with Crippen LogP contribution in [0.25, 0.3) is 10.9 Å². The number of benzene rings is 2. The van der Waals surface area contributed by atoms with Crippen LogP contribution in [-0.4, -0.2) is 14.5 Å². The lowest BCUT2D eigenvalue weighted by atomic mass is 10.2. The molecule has 116 valence electrons. The smallest absolute Gasteiger partial charge is 0.271 e. The molecule has 23 heavy (non-hydrogen) atoms. The van der Waals surface area contributed by atoms with Gasteiger partial charge in [-0.05, 0) is 39.7 Å². The molecule has 6 nitrogen and oxygen atoms in total. The van der Waals surface area contributed by atoms with Crippen molar-refractivity contribution in [3.8, 4) is 0 Å². The van der Waals surface area contributed by atoms with E-state index in [9.17, 15) is 19.3 Å². The van der Waals surface area contributed by atoms with Crippen molar-refractivity contribution >= 4 is 32.5 Å². The number of halogens is 2. The number of aromatic nitrogens is 2. The van der Waals surface area contributed by atoms with Crippen molar-refractivity contribution in [2.75, 3.05) is 0 Å². The minimum atomic E-state index is -0.539. The normalized spacial score (nSPS) is 10.9. The molecule has 0 bridgehead atoms. The summed E-state index contributed by atoms with van der Waals surface area (Å²) in [5.74, 6) is -0.384. The zero-order chi connectivity index (χ0) is 16.6.